The zero-order chi connectivity index (χ0) is 22.8. The molecule has 1 aliphatic carbocycles. The first-order valence-electron chi connectivity index (χ1n) is 10.5. The maximum atomic E-state index is 12.9. The standard InChI is InChI=1S/C26H19N3O4/c30-16-17-5-8-20(9-6-17)33-12-11-19-15-29(28-27-19)14-18-7-10-23-24(13-18)26(32)22-4-2-1-3-21(22)25(23)31/h1-10,13,15-16H,11-12,14H2. The molecule has 0 aliphatic heterocycles. The summed E-state index contributed by atoms with van der Waals surface area (Å²) in [6.07, 6.45) is 3.20. The molecular weight excluding hydrogens is 418 g/mol. The first-order valence-corrected chi connectivity index (χ1v) is 10.5. The van der Waals surface area contributed by atoms with E-state index in [0.717, 1.165) is 17.5 Å². The number of hydrogen-bond donors (Lipinski definition) is 0. The largest absolute Gasteiger partial charge is 0.493 e. The quantitative estimate of drug-likeness (QED) is 0.362. The van der Waals surface area contributed by atoms with Crippen LogP contribution in [0.5, 0.6) is 5.75 Å². The summed E-state index contributed by atoms with van der Waals surface area (Å²) in [7, 11) is 0. The van der Waals surface area contributed by atoms with Crippen molar-refractivity contribution >= 4 is 17.9 Å². The predicted molar refractivity (Wildman–Crippen MR) is 120 cm³/mol. The van der Waals surface area contributed by atoms with Crippen molar-refractivity contribution in [3.8, 4) is 5.75 Å². The number of ketones is 2. The van der Waals surface area contributed by atoms with E-state index in [1.165, 1.54) is 0 Å². The molecular formula is C26H19N3O4. The fourth-order valence-electron chi connectivity index (χ4n) is 3.88. The molecule has 1 aliphatic rings. The highest BCUT2D eigenvalue weighted by atomic mass is 16.5. The third-order valence-electron chi connectivity index (χ3n) is 5.56. The molecule has 4 aromatic rings. The summed E-state index contributed by atoms with van der Waals surface area (Å²) >= 11 is 0. The van der Waals surface area contributed by atoms with E-state index in [-0.39, 0.29) is 11.6 Å². The van der Waals surface area contributed by atoms with E-state index in [2.05, 4.69) is 10.3 Å². The van der Waals surface area contributed by atoms with Gasteiger partial charge in [0.1, 0.15) is 12.0 Å². The van der Waals surface area contributed by atoms with Crippen LogP contribution in [-0.4, -0.2) is 39.5 Å². The van der Waals surface area contributed by atoms with Gasteiger partial charge >= 0.3 is 0 Å². The zero-order valence-corrected chi connectivity index (χ0v) is 17.6. The van der Waals surface area contributed by atoms with E-state index >= 15 is 0 Å². The fraction of sp³-hybridized carbons (Fsp3) is 0.115. The van der Waals surface area contributed by atoms with Gasteiger partial charge in [0.2, 0.25) is 0 Å². The summed E-state index contributed by atoms with van der Waals surface area (Å²) in [5, 5.41) is 8.34. The molecule has 1 heterocycles. The number of ether oxygens (including phenoxy) is 1. The number of rotatable bonds is 7. The van der Waals surface area contributed by atoms with E-state index in [1.54, 1.807) is 65.3 Å². The Labute approximate surface area is 189 Å². The van der Waals surface area contributed by atoms with Gasteiger partial charge in [-0.25, -0.2) is 4.68 Å². The second kappa shape index (κ2) is 8.63. The molecule has 33 heavy (non-hydrogen) atoms. The highest BCUT2D eigenvalue weighted by Crippen LogP contribution is 2.28. The molecule has 0 N–H and O–H groups in total. The lowest BCUT2D eigenvalue weighted by molar-refractivity contribution is 0.0979. The third kappa shape index (κ3) is 4.08. The molecule has 0 unspecified atom stereocenters. The van der Waals surface area contributed by atoms with Gasteiger partial charge in [0.25, 0.3) is 0 Å². The van der Waals surface area contributed by atoms with Crippen LogP contribution in [0.2, 0.25) is 0 Å². The molecule has 7 nitrogen and oxygen atoms in total. The number of hydrogen-bond acceptors (Lipinski definition) is 6. The van der Waals surface area contributed by atoms with Crippen LogP contribution in [0.1, 0.15) is 53.5 Å². The van der Waals surface area contributed by atoms with Crippen molar-refractivity contribution in [3.63, 3.8) is 0 Å². The molecule has 5 rings (SSSR count). The zero-order valence-electron chi connectivity index (χ0n) is 17.6. The van der Waals surface area contributed by atoms with Gasteiger partial charge in [0.05, 0.1) is 18.8 Å². The summed E-state index contributed by atoms with van der Waals surface area (Å²) in [5.74, 6) is 0.415. The molecule has 0 saturated carbocycles. The number of aldehydes is 1. The summed E-state index contributed by atoms with van der Waals surface area (Å²) < 4.78 is 7.38. The highest BCUT2D eigenvalue weighted by molar-refractivity contribution is 6.28. The minimum Gasteiger partial charge on any atom is -0.493 e. The van der Waals surface area contributed by atoms with Gasteiger partial charge in [0, 0.05) is 40.4 Å². The molecule has 0 bridgehead atoms. The minimum atomic E-state index is -0.139. The van der Waals surface area contributed by atoms with Crippen molar-refractivity contribution in [1.29, 1.82) is 0 Å². The van der Waals surface area contributed by atoms with E-state index < -0.39 is 0 Å². The first kappa shape index (κ1) is 20.5. The highest BCUT2D eigenvalue weighted by Gasteiger charge is 2.29. The molecule has 0 spiro atoms. The van der Waals surface area contributed by atoms with Gasteiger partial charge in [0.15, 0.2) is 11.6 Å². The van der Waals surface area contributed by atoms with Crippen molar-refractivity contribution in [2.75, 3.05) is 6.61 Å². The topological polar surface area (TPSA) is 91.2 Å². The molecule has 0 amide bonds. The van der Waals surface area contributed by atoms with Crippen LogP contribution >= 0.6 is 0 Å². The van der Waals surface area contributed by atoms with E-state index in [4.69, 9.17) is 4.74 Å². The molecule has 0 fully saturated rings. The molecule has 3 aromatic carbocycles. The number of carbonyl (C=O) groups is 3. The van der Waals surface area contributed by atoms with Crippen LogP contribution in [0.15, 0.2) is 72.9 Å². The molecule has 0 radical (unpaired) electrons. The van der Waals surface area contributed by atoms with Crippen LogP contribution in [0.3, 0.4) is 0 Å². The Bertz CT molecular complexity index is 1370. The van der Waals surface area contributed by atoms with Crippen LogP contribution in [0, 0.1) is 0 Å². The van der Waals surface area contributed by atoms with Crippen LogP contribution in [0.4, 0.5) is 0 Å². The number of aromatic nitrogens is 3. The Morgan fingerprint density at radius 2 is 1.55 bits per heavy atom. The number of fused-ring (bicyclic) bond motifs is 2. The predicted octanol–water partition coefficient (Wildman–Crippen LogP) is 3.54. The van der Waals surface area contributed by atoms with Gasteiger partial charge in [-0.1, -0.05) is 35.5 Å². The first-order chi connectivity index (χ1) is 16.1. The fourth-order valence-corrected chi connectivity index (χ4v) is 3.88. The Morgan fingerprint density at radius 3 is 2.27 bits per heavy atom. The average molecular weight is 437 g/mol. The smallest absolute Gasteiger partial charge is 0.194 e. The lowest BCUT2D eigenvalue weighted by atomic mass is 9.83. The number of carbonyl (C=O) groups excluding carboxylic acids is 3. The number of nitrogens with zero attached hydrogens (tertiary/aromatic N) is 3. The Morgan fingerprint density at radius 1 is 0.848 bits per heavy atom. The maximum Gasteiger partial charge on any atom is 0.194 e. The summed E-state index contributed by atoms with van der Waals surface area (Å²) in [6.45, 7) is 0.853. The number of benzene rings is 3. The molecule has 162 valence electrons. The van der Waals surface area contributed by atoms with Crippen molar-refractivity contribution in [3.05, 3.63) is 112 Å². The average Bonchev–Trinajstić information content (AvgIpc) is 3.30. The second-order valence-corrected chi connectivity index (χ2v) is 7.78. The monoisotopic (exact) mass is 437 g/mol. The maximum absolute atomic E-state index is 12.9. The van der Waals surface area contributed by atoms with Crippen molar-refractivity contribution in [1.82, 2.24) is 15.0 Å². The van der Waals surface area contributed by atoms with Crippen LogP contribution < -0.4 is 4.74 Å². The third-order valence-corrected chi connectivity index (χ3v) is 5.56. The van der Waals surface area contributed by atoms with Crippen LogP contribution in [-0.2, 0) is 13.0 Å². The Hall–Kier alpha value is -4.39. The molecule has 1 aromatic heterocycles. The van der Waals surface area contributed by atoms with Crippen molar-refractivity contribution in [2.45, 2.75) is 13.0 Å². The van der Waals surface area contributed by atoms with Gasteiger partial charge in [-0.05, 0) is 42.0 Å². The van der Waals surface area contributed by atoms with E-state index in [9.17, 15) is 14.4 Å². The van der Waals surface area contributed by atoms with Gasteiger partial charge < -0.3 is 4.74 Å². The van der Waals surface area contributed by atoms with Crippen molar-refractivity contribution in [2.24, 2.45) is 0 Å². The van der Waals surface area contributed by atoms with Gasteiger partial charge in [-0.15, -0.1) is 5.10 Å². The normalized spacial score (nSPS) is 12.2. The Kier molecular flexibility index (Phi) is 5.36. The van der Waals surface area contributed by atoms with Crippen LogP contribution in [0.25, 0.3) is 0 Å². The lowest BCUT2D eigenvalue weighted by Gasteiger charge is -2.18. The summed E-state index contributed by atoms with van der Waals surface area (Å²) in [4.78, 5) is 36.4. The summed E-state index contributed by atoms with van der Waals surface area (Å²) in [5.41, 5.74) is 3.98. The van der Waals surface area contributed by atoms with E-state index in [0.29, 0.717) is 53.1 Å². The summed E-state index contributed by atoms with van der Waals surface area (Å²) in [6, 6.07) is 19.1. The van der Waals surface area contributed by atoms with Gasteiger partial charge in [-0.3, -0.25) is 14.4 Å². The Balaban J connectivity index is 1.25. The van der Waals surface area contributed by atoms with Crippen molar-refractivity contribution < 1.29 is 19.1 Å². The minimum absolute atomic E-state index is 0.129. The molecule has 7 heteroatoms. The molecule has 0 saturated heterocycles. The van der Waals surface area contributed by atoms with Gasteiger partial charge in [-0.2, -0.15) is 0 Å². The lowest BCUT2D eigenvalue weighted by Crippen LogP contribution is -2.21. The van der Waals surface area contributed by atoms with E-state index in [1.807, 2.05) is 12.3 Å². The second-order valence-electron chi connectivity index (χ2n) is 7.78. The molecule has 0 atom stereocenters. The SMILES string of the molecule is O=Cc1ccc(OCCc2cn(Cc3ccc4c(c3)C(=O)c3ccccc3C4=O)nn2)cc1.